The first kappa shape index (κ1) is 13.8. The van der Waals surface area contributed by atoms with Crippen molar-refractivity contribution in [2.45, 2.75) is 6.61 Å². The van der Waals surface area contributed by atoms with Crippen molar-refractivity contribution in [2.75, 3.05) is 0 Å². The summed E-state index contributed by atoms with van der Waals surface area (Å²) >= 11 is 9.48. The summed E-state index contributed by atoms with van der Waals surface area (Å²) in [6.45, 7) is 0.341. The fourth-order valence-corrected chi connectivity index (χ4v) is 2.23. The molecule has 0 atom stereocenters. The third kappa shape index (κ3) is 3.45. The molecular weight excluding hydrogens is 330 g/mol. The van der Waals surface area contributed by atoms with Gasteiger partial charge in [-0.3, -0.25) is 5.41 Å². The van der Waals surface area contributed by atoms with E-state index in [0.29, 0.717) is 12.2 Å². The van der Waals surface area contributed by atoms with Crippen LogP contribution in [-0.4, -0.2) is 10.8 Å². The lowest BCUT2D eigenvalue weighted by Crippen LogP contribution is -2.12. The van der Waals surface area contributed by atoms with Crippen LogP contribution in [0.15, 0.2) is 41.0 Å². The Morgan fingerprint density at radius 1 is 1.42 bits per heavy atom. The third-order valence-corrected chi connectivity index (χ3v) is 3.27. The highest BCUT2D eigenvalue weighted by atomic mass is 79.9. The quantitative estimate of drug-likeness (QED) is 0.662. The Morgan fingerprint density at radius 3 is 2.89 bits per heavy atom. The molecule has 3 N–H and O–H groups in total. The topological polar surface area (TPSA) is 72.0 Å². The molecule has 0 aliphatic rings. The Morgan fingerprint density at radius 2 is 2.21 bits per heavy atom. The lowest BCUT2D eigenvalue weighted by Gasteiger charge is -2.09. The molecule has 4 nitrogen and oxygen atoms in total. The zero-order valence-electron chi connectivity index (χ0n) is 9.86. The average Bonchev–Trinajstić information content (AvgIpc) is 2.37. The highest BCUT2D eigenvalue weighted by Gasteiger charge is 2.11. The van der Waals surface area contributed by atoms with Gasteiger partial charge in [0.1, 0.15) is 17.5 Å². The first-order valence-electron chi connectivity index (χ1n) is 5.44. The van der Waals surface area contributed by atoms with Gasteiger partial charge in [0.15, 0.2) is 0 Å². The van der Waals surface area contributed by atoms with Crippen molar-refractivity contribution in [3.8, 4) is 5.88 Å². The number of hydrogen-bond acceptors (Lipinski definition) is 3. The minimum atomic E-state index is -0.111. The molecule has 0 aliphatic carbocycles. The van der Waals surface area contributed by atoms with Crippen molar-refractivity contribution in [1.29, 1.82) is 5.41 Å². The molecule has 2 rings (SSSR count). The van der Waals surface area contributed by atoms with Gasteiger partial charge in [-0.1, -0.05) is 39.7 Å². The molecule has 0 spiro atoms. The Balaban J connectivity index is 2.16. The number of amidine groups is 1. The van der Waals surface area contributed by atoms with E-state index in [0.717, 1.165) is 10.0 Å². The highest BCUT2D eigenvalue weighted by molar-refractivity contribution is 9.10. The van der Waals surface area contributed by atoms with Gasteiger partial charge in [0.05, 0.1) is 0 Å². The molecule has 1 aromatic heterocycles. The number of nitrogen functional groups attached to an aromatic ring is 1. The number of aromatic nitrogens is 1. The van der Waals surface area contributed by atoms with Gasteiger partial charge in [-0.15, -0.1) is 0 Å². The molecule has 0 fully saturated rings. The summed E-state index contributed by atoms with van der Waals surface area (Å²) in [6, 6.07) is 9.32. The van der Waals surface area contributed by atoms with Gasteiger partial charge in [-0.2, -0.15) is 0 Å². The fraction of sp³-hybridized carbons (Fsp3) is 0.0769. The van der Waals surface area contributed by atoms with Gasteiger partial charge in [0, 0.05) is 16.2 Å². The van der Waals surface area contributed by atoms with Crippen LogP contribution in [0.4, 0.5) is 0 Å². The molecule has 0 bridgehead atoms. The summed E-state index contributed by atoms with van der Waals surface area (Å²) in [4.78, 5) is 4.04. The number of benzene rings is 1. The van der Waals surface area contributed by atoms with E-state index in [1.807, 2.05) is 24.3 Å². The van der Waals surface area contributed by atoms with Crippen LogP contribution < -0.4 is 10.5 Å². The molecule has 0 unspecified atom stereocenters. The van der Waals surface area contributed by atoms with E-state index >= 15 is 0 Å². The zero-order valence-corrected chi connectivity index (χ0v) is 12.2. The van der Waals surface area contributed by atoms with Crippen LogP contribution in [0.2, 0.25) is 5.02 Å². The Bertz CT molecular complexity index is 619. The van der Waals surface area contributed by atoms with Gasteiger partial charge in [0.25, 0.3) is 0 Å². The molecule has 0 saturated heterocycles. The van der Waals surface area contributed by atoms with Crippen molar-refractivity contribution in [1.82, 2.24) is 4.98 Å². The minimum absolute atomic E-state index is 0.111. The molecule has 0 radical (unpaired) electrons. The molecule has 0 amide bonds. The number of ether oxygens (including phenoxy) is 1. The lowest BCUT2D eigenvalue weighted by molar-refractivity contribution is 0.294. The third-order valence-electron chi connectivity index (χ3n) is 2.41. The first-order chi connectivity index (χ1) is 9.08. The Kier molecular flexibility index (Phi) is 4.39. The van der Waals surface area contributed by atoms with Gasteiger partial charge in [0.2, 0.25) is 5.88 Å². The smallest absolute Gasteiger partial charge is 0.233 e. The normalized spacial score (nSPS) is 10.2. The standard InChI is InChI=1S/C13H11BrClN3O/c14-9-3-1-2-8(6-9)7-19-13-11(15)10(12(16)17)4-5-18-13/h1-6H,7H2,(H3,16,17). The second kappa shape index (κ2) is 6.04. The van der Waals surface area contributed by atoms with Crippen LogP contribution >= 0.6 is 27.5 Å². The molecule has 98 valence electrons. The van der Waals surface area contributed by atoms with Crippen molar-refractivity contribution < 1.29 is 4.74 Å². The number of nitrogens with zero attached hydrogens (tertiary/aromatic N) is 1. The van der Waals surface area contributed by atoms with Gasteiger partial charge >= 0.3 is 0 Å². The van der Waals surface area contributed by atoms with Gasteiger partial charge in [-0.25, -0.2) is 4.98 Å². The van der Waals surface area contributed by atoms with Crippen LogP contribution in [-0.2, 0) is 6.61 Å². The van der Waals surface area contributed by atoms with Crippen molar-refractivity contribution in [2.24, 2.45) is 5.73 Å². The summed E-state index contributed by atoms with van der Waals surface area (Å²) in [5, 5.41) is 7.66. The van der Waals surface area contributed by atoms with Crippen LogP contribution in [0.5, 0.6) is 5.88 Å². The molecule has 1 aromatic carbocycles. The van der Waals surface area contributed by atoms with Crippen molar-refractivity contribution >= 4 is 33.4 Å². The molecule has 19 heavy (non-hydrogen) atoms. The number of halogens is 2. The van der Waals surface area contributed by atoms with E-state index in [4.69, 9.17) is 27.5 Å². The number of nitrogens with one attached hydrogen (secondary N) is 1. The maximum atomic E-state index is 7.40. The Hall–Kier alpha value is -1.59. The first-order valence-corrected chi connectivity index (χ1v) is 6.61. The van der Waals surface area contributed by atoms with Crippen molar-refractivity contribution in [3.05, 3.63) is 57.2 Å². The maximum Gasteiger partial charge on any atom is 0.233 e. The predicted octanol–water partition coefficient (Wildman–Crippen LogP) is 3.36. The molecule has 2 aromatic rings. The minimum Gasteiger partial charge on any atom is -0.472 e. The predicted molar refractivity (Wildman–Crippen MR) is 78.7 cm³/mol. The van der Waals surface area contributed by atoms with Gasteiger partial charge in [-0.05, 0) is 23.8 Å². The zero-order chi connectivity index (χ0) is 13.8. The van der Waals surface area contributed by atoms with E-state index in [-0.39, 0.29) is 16.7 Å². The van der Waals surface area contributed by atoms with E-state index in [1.54, 1.807) is 6.07 Å². The summed E-state index contributed by atoms with van der Waals surface area (Å²) in [5.41, 5.74) is 6.82. The van der Waals surface area contributed by atoms with Crippen LogP contribution in [0.25, 0.3) is 0 Å². The summed E-state index contributed by atoms with van der Waals surface area (Å²) in [7, 11) is 0. The van der Waals surface area contributed by atoms with E-state index in [9.17, 15) is 0 Å². The van der Waals surface area contributed by atoms with E-state index < -0.39 is 0 Å². The fourth-order valence-electron chi connectivity index (χ4n) is 1.51. The van der Waals surface area contributed by atoms with Crippen molar-refractivity contribution in [3.63, 3.8) is 0 Å². The molecule has 6 heteroatoms. The molecule has 1 heterocycles. The van der Waals surface area contributed by atoms with E-state index in [1.165, 1.54) is 6.20 Å². The second-order valence-electron chi connectivity index (χ2n) is 3.81. The number of nitrogens with two attached hydrogens (primary N) is 1. The summed E-state index contributed by atoms with van der Waals surface area (Å²) < 4.78 is 6.53. The lowest BCUT2D eigenvalue weighted by atomic mass is 10.2. The molecule has 0 saturated carbocycles. The van der Waals surface area contributed by atoms with Gasteiger partial charge < -0.3 is 10.5 Å². The molecule has 0 aliphatic heterocycles. The summed E-state index contributed by atoms with van der Waals surface area (Å²) in [5.74, 6) is 0.161. The number of rotatable bonds is 4. The maximum absolute atomic E-state index is 7.40. The SMILES string of the molecule is N=C(N)c1ccnc(OCc2cccc(Br)c2)c1Cl. The van der Waals surface area contributed by atoms with Crippen LogP contribution in [0.1, 0.15) is 11.1 Å². The monoisotopic (exact) mass is 339 g/mol. The van der Waals surface area contributed by atoms with E-state index in [2.05, 4.69) is 20.9 Å². The number of pyridine rings is 1. The summed E-state index contributed by atoms with van der Waals surface area (Å²) in [6.07, 6.45) is 1.51. The molecular formula is C13H11BrClN3O. The van der Waals surface area contributed by atoms with Crippen LogP contribution in [0.3, 0.4) is 0 Å². The average molecular weight is 341 g/mol. The van der Waals surface area contributed by atoms with Crippen LogP contribution in [0, 0.1) is 5.41 Å². The largest absolute Gasteiger partial charge is 0.472 e. The number of hydrogen-bond donors (Lipinski definition) is 2. The Labute approximate surface area is 124 Å². The highest BCUT2D eigenvalue weighted by Crippen LogP contribution is 2.26. The second-order valence-corrected chi connectivity index (χ2v) is 5.10.